The van der Waals surface area contributed by atoms with E-state index < -0.39 is 0 Å². The highest BCUT2D eigenvalue weighted by Gasteiger charge is 2.13. The number of aryl methyl sites for hydroxylation is 2. The lowest BCUT2D eigenvalue weighted by molar-refractivity contribution is 0.631. The van der Waals surface area contributed by atoms with E-state index in [-0.39, 0.29) is 0 Å². The van der Waals surface area contributed by atoms with Crippen LogP contribution in [-0.4, -0.2) is 20.0 Å². The van der Waals surface area contributed by atoms with E-state index in [2.05, 4.69) is 38.1 Å². The van der Waals surface area contributed by atoms with Gasteiger partial charge >= 0.3 is 0 Å². The second-order valence-corrected chi connectivity index (χ2v) is 6.38. The lowest BCUT2D eigenvalue weighted by atomic mass is 10.4. The molecule has 0 fully saturated rings. The second kappa shape index (κ2) is 5.36. The number of nitrogens with zero attached hydrogens (tertiary/aromatic N) is 4. The molecule has 0 bridgehead atoms. The molecule has 0 aliphatic rings. The van der Waals surface area contributed by atoms with Crippen molar-refractivity contribution in [2.24, 2.45) is 0 Å². The molecule has 0 spiro atoms. The smallest absolute Gasteiger partial charge is 0.203 e. The number of thioether (sulfide) groups is 1. The molecule has 17 heavy (non-hydrogen) atoms. The molecule has 0 unspecified atom stereocenters. The van der Waals surface area contributed by atoms with Crippen LogP contribution in [0.15, 0.2) is 8.81 Å². The van der Waals surface area contributed by atoms with E-state index in [9.17, 15) is 0 Å². The topological polar surface area (TPSA) is 69.6 Å². The average molecular weight is 334 g/mol. The first kappa shape index (κ1) is 12.8. The number of rotatable bonds is 4. The monoisotopic (exact) mass is 333 g/mol. The van der Waals surface area contributed by atoms with Crippen LogP contribution in [0.4, 0.5) is 5.13 Å². The molecule has 0 amide bonds. The van der Waals surface area contributed by atoms with E-state index in [1.165, 1.54) is 17.0 Å². The molecule has 2 heterocycles. The molecular weight excluding hydrogens is 322 g/mol. The number of nitrogen functional groups attached to an aromatic ring is 1. The van der Waals surface area contributed by atoms with Crippen molar-refractivity contribution in [3.8, 4) is 0 Å². The molecule has 8 heteroatoms. The third-order valence-electron chi connectivity index (χ3n) is 2.21. The first-order valence-electron chi connectivity index (χ1n) is 5.05. The van der Waals surface area contributed by atoms with Gasteiger partial charge in [0.2, 0.25) is 5.13 Å². The second-order valence-electron chi connectivity index (χ2n) is 3.36. The molecule has 2 aromatic heterocycles. The first-order valence-corrected chi connectivity index (χ1v) is 7.65. The zero-order valence-electron chi connectivity index (χ0n) is 9.47. The standard InChI is InChI=1S/C9H12BrN5S2/c1-3-15-6(7(10)5(2)14-15)4-16-9-13-12-8(11)17-9/h3-4H2,1-2H3,(H2,11,12). The average Bonchev–Trinajstić information content (AvgIpc) is 2.83. The first-order chi connectivity index (χ1) is 8.11. The molecular formula is C9H12BrN5S2. The Kier molecular flexibility index (Phi) is 4.05. The van der Waals surface area contributed by atoms with Crippen LogP contribution in [0.5, 0.6) is 0 Å². The van der Waals surface area contributed by atoms with Crippen molar-refractivity contribution in [3.05, 3.63) is 15.9 Å². The van der Waals surface area contributed by atoms with Crippen LogP contribution in [0.1, 0.15) is 18.3 Å². The summed E-state index contributed by atoms with van der Waals surface area (Å²) in [5.41, 5.74) is 7.73. The quantitative estimate of drug-likeness (QED) is 0.871. The Morgan fingerprint density at radius 2 is 2.24 bits per heavy atom. The van der Waals surface area contributed by atoms with Gasteiger partial charge in [-0.2, -0.15) is 5.10 Å². The summed E-state index contributed by atoms with van der Waals surface area (Å²) >= 11 is 6.60. The molecule has 0 saturated carbocycles. The van der Waals surface area contributed by atoms with Gasteiger partial charge in [-0.05, 0) is 29.8 Å². The highest BCUT2D eigenvalue weighted by molar-refractivity contribution is 9.10. The number of hydrogen-bond donors (Lipinski definition) is 1. The Morgan fingerprint density at radius 1 is 1.47 bits per heavy atom. The minimum atomic E-state index is 0.506. The van der Waals surface area contributed by atoms with Gasteiger partial charge in [0, 0.05) is 12.3 Å². The third-order valence-corrected chi connectivity index (χ3v) is 5.14. The zero-order chi connectivity index (χ0) is 12.4. The van der Waals surface area contributed by atoms with E-state index in [4.69, 9.17) is 5.73 Å². The molecule has 92 valence electrons. The summed E-state index contributed by atoms with van der Waals surface area (Å²) in [4.78, 5) is 0. The molecule has 0 atom stereocenters. The van der Waals surface area contributed by atoms with Crippen molar-refractivity contribution >= 4 is 44.2 Å². The number of aromatic nitrogens is 4. The van der Waals surface area contributed by atoms with Gasteiger partial charge in [-0.25, -0.2) is 0 Å². The SMILES string of the molecule is CCn1nc(C)c(Br)c1CSc1nnc(N)s1. The van der Waals surface area contributed by atoms with Gasteiger partial charge in [-0.15, -0.1) is 10.2 Å². The number of nitrogens with two attached hydrogens (primary N) is 1. The largest absolute Gasteiger partial charge is 0.374 e. The molecule has 0 aliphatic heterocycles. The number of anilines is 1. The van der Waals surface area contributed by atoms with Crippen LogP contribution in [0.2, 0.25) is 0 Å². The van der Waals surface area contributed by atoms with Crippen LogP contribution < -0.4 is 5.73 Å². The summed E-state index contributed by atoms with van der Waals surface area (Å²) in [5.74, 6) is 0.809. The van der Waals surface area contributed by atoms with Crippen molar-refractivity contribution in [2.75, 3.05) is 5.73 Å². The summed E-state index contributed by atoms with van der Waals surface area (Å²) in [7, 11) is 0. The zero-order valence-corrected chi connectivity index (χ0v) is 12.7. The fourth-order valence-corrected chi connectivity index (χ4v) is 3.69. The Morgan fingerprint density at radius 3 is 2.82 bits per heavy atom. The lowest BCUT2D eigenvalue weighted by Gasteiger charge is -2.03. The summed E-state index contributed by atoms with van der Waals surface area (Å²) < 4.78 is 3.96. The number of hydrogen-bond acceptors (Lipinski definition) is 6. The highest BCUT2D eigenvalue weighted by Crippen LogP contribution is 2.30. The Balaban J connectivity index is 2.13. The van der Waals surface area contributed by atoms with Crippen LogP contribution >= 0.6 is 39.0 Å². The van der Waals surface area contributed by atoms with Gasteiger partial charge in [0.15, 0.2) is 4.34 Å². The minimum Gasteiger partial charge on any atom is -0.374 e. The van der Waals surface area contributed by atoms with Gasteiger partial charge in [0.05, 0.1) is 15.9 Å². The van der Waals surface area contributed by atoms with Gasteiger partial charge in [-0.3, -0.25) is 4.68 Å². The van der Waals surface area contributed by atoms with E-state index in [1.807, 2.05) is 11.6 Å². The maximum atomic E-state index is 5.54. The Labute approximate surface area is 116 Å². The van der Waals surface area contributed by atoms with E-state index in [0.29, 0.717) is 5.13 Å². The normalized spacial score (nSPS) is 11.0. The van der Waals surface area contributed by atoms with Crippen molar-refractivity contribution in [2.45, 2.75) is 30.5 Å². The van der Waals surface area contributed by atoms with Crippen LogP contribution in [0.25, 0.3) is 0 Å². The predicted molar refractivity (Wildman–Crippen MR) is 74.2 cm³/mol. The van der Waals surface area contributed by atoms with E-state index in [0.717, 1.165) is 26.8 Å². The molecule has 2 N–H and O–H groups in total. The predicted octanol–water partition coefficient (Wildman–Crippen LogP) is 2.70. The van der Waals surface area contributed by atoms with Crippen molar-refractivity contribution in [3.63, 3.8) is 0 Å². The number of halogens is 1. The third kappa shape index (κ3) is 2.80. The molecule has 2 aromatic rings. The summed E-state index contributed by atoms with van der Waals surface area (Å²) in [6.07, 6.45) is 0. The Bertz CT molecular complexity index is 521. The fraction of sp³-hybridized carbons (Fsp3) is 0.444. The summed E-state index contributed by atoms with van der Waals surface area (Å²) in [6, 6.07) is 0. The van der Waals surface area contributed by atoms with Crippen molar-refractivity contribution in [1.82, 2.24) is 20.0 Å². The fourth-order valence-electron chi connectivity index (χ4n) is 1.42. The summed E-state index contributed by atoms with van der Waals surface area (Å²) in [6.45, 7) is 4.93. The van der Waals surface area contributed by atoms with Crippen molar-refractivity contribution in [1.29, 1.82) is 0 Å². The molecule has 0 radical (unpaired) electrons. The van der Waals surface area contributed by atoms with Crippen LogP contribution in [0, 0.1) is 6.92 Å². The minimum absolute atomic E-state index is 0.506. The van der Waals surface area contributed by atoms with Crippen LogP contribution in [0.3, 0.4) is 0 Å². The van der Waals surface area contributed by atoms with Crippen LogP contribution in [-0.2, 0) is 12.3 Å². The molecule has 0 saturated heterocycles. The van der Waals surface area contributed by atoms with E-state index in [1.54, 1.807) is 11.8 Å². The lowest BCUT2D eigenvalue weighted by Crippen LogP contribution is -2.01. The molecule has 0 aliphatic carbocycles. The van der Waals surface area contributed by atoms with Crippen molar-refractivity contribution < 1.29 is 0 Å². The van der Waals surface area contributed by atoms with Gasteiger partial charge < -0.3 is 5.73 Å². The van der Waals surface area contributed by atoms with Gasteiger partial charge in [-0.1, -0.05) is 23.1 Å². The van der Waals surface area contributed by atoms with Gasteiger partial charge in [0.25, 0.3) is 0 Å². The maximum absolute atomic E-state index is 5.54. The van der Waals surface area contributed by atoms with E-state index >= 15 is 0 Å². The highest BCUT2D eigenvalue weighted by atomic mass is 79.9. The molecule has 5 nitrogen and oxygen atoms in total. The summed E-state index contributed by atoms with van der Waals surface area (Å²) in [5, 5.41) is 12.7. The maximum Gasteiger partial charge on any atom is 0.203 e. The molecule has 2 rings (SSSR count). The molecule has 0 aromatic carbocycles. The van der Waals surface area contributed by atoms with Gasteiger partial charge in [0.1, 0.15) is 0 Å². The Hall–Kier alpha value is -0.600.